The monoisotopic (exact) mass is 195 g/mol. The van der Waals surface area contributed by atoms with E-state index in [2.05, 4.69) is 0 Å². The minimum absolute atomic E-state index is 0.0179. The Bertz CT molecular complexity index is 340. The summed E-state index contributed by atoms with van der Waals surface area (Å²) in [7, 11) is 1.65. The normalized spacial score (nSPS) is 25.9. The maximum atomic E-state index is 13.4. The first kappa shape index (κ1) is 9.62. The molecular weight excluding hydrogens is 181 g/mol. The summed E-state index contributed by atoms with van der Waals surface area (Å²) in [5.41, 5.74) is 7.63. The molecule has 0 spiro atoms. The number of methoxy groups -OCH3 is 1. The molecule has 0 aliphatic heterocycles. The van der Waals surface area contributed by atoms with Crippen molar-refractivity contribution in [1.29, 1.82) is 0 Å². The molecule has 0 amide bonds. The van der Waals surface area contributed by atoms with E-state index in [9.17, 15) is 4.39 Å². The molecule has 0 heterocycles. The molecule has 0 saturated heterocycles. The zero-order valence-electron chi connectivity index (χ0n) is 8.16. The van der Waals surface area contributed by atoms with Crippen LogP contribution >= 0.6 is 0 Å². The van der Waals surface area contributed by atoms with Crippen molar-refractivity contribution in [3.63, 3.8) is 0 Å². The predicted octanol–water partition coefficient (Wildman–Crippen LogP) is 1.79. The third-order valence-corrected chi connectivity index (χ3v) is 2.90. The fourth-order valence-electron chi connectivity index (χ4n) is 2.08. The van der Waals surface area contributed by atoms with Gasteiger partial charge in [-0.1, -0.05) is 12.1 Å². The van der Waals surface area contributed by atoms with Gasteiger partial charge in [-0.05, 0) is 30.0 Å². The number of hydrogen-bond acceptors (Lipinski definition) is 2. The van der Waals surface area contributed by atoms with Gasteiger partial charge >= 0.3 is 0 Å². The smallest absolute Gasteiger partial charge is 0.126 e. The number of hydrogen-bond donors (Lipinski definition) is 1. The average Bonchev–Trinajstić information content (AvgIpc) is 2.20. The number of ether oxygens (including phenoxy) is 1. The van der Waals surface area contributed by atoms with Crippen LogP contribution in [0.2, 0.25) is 0 Å². The Hall–Kier alpha value is -0.930. The minimum atomic E-state index is -0.195. The van der Waals surface area contributed by atoms with Gasteiger partial charge in [0.1, 0.15) is 5.82 Å². The molecule has 1 aromatic carbocycles. The molecule has 0 saturated carbocycles. The lowest BCUT2D eigenvalue weighted by molar-refractivity contribution is 0.0673. The van der Waals surface area contributed by atoms with E-state index in [0.29, 0.717) is 6.42 Å². The van der Waals surface area contributed by atoms with E-state index in [1.807, 2.05) is 6.07 Å². The lowest BCUT2D eigenvalue weighted by atomic mass is 9.86. The Morgan fingerprint density at radius 1 is 1.50 bits per heavy atom. The molecular formula is C11H14FNO. The van der Waals surface area contributed by atoms with Crippen molar-refractivity contribution in [2.45, 2.75) is 25.0 Å². The van der Waals surface area contributed by atoms with Crippen LogP contribution in [0.5, 0.6) is 0 Å². The quantitative estimate of drug-likeness (QED) is 0.741. The number of nitrogens with two attached hydrogens (primary N) is 1. The Morgan fingerprint density at radius 3 is 3.00 bits per heavy atom. The van der Waals surface area contributed by atoms with Crippen LogP contribution in [0, 0.1) is 5.82 Å². The summed E-state index contributed by atoms with van der Waals surface area (Å²) < 4.78 is 18.6. The van der Waals surface area contributed by atoms with E-state index in [4.69, 9.17) is 10.5 Å². The van der Waals surface area contributed by atoms with Crippen molar-refractivity contribution < 1.29 is 9.13 Å². The van der Waals surface area contributed by atoms with Crippen LogP contribution in [0.1, 0.15) is 23.6 Å². The molecule has 2 atom stereocenters. The molecule has 0 aromatic heterocycles. The van der Waals surface area contributed by atoms with E-state index >= 15 is 0 Å². The number of benzene rings is 1. The number of halogens is 1. The van der Waals surface area contributed by atoms with Crippen molar-refractivity contribution in [1.82, 2.24) is 0 Å². The molecule has 0 bridgehead atoms. The van der Waals surface area contributed by atoms with Crippen LogP contribution in [-0.2, 0) is 11.2 Å². The maximum absolute atomic E-state index is 13.4. The molecule has 1 aliphatic rings. The van der Waals surface area contributed by atoms with Crippen LogP contribution in [0.15, 0.2) is 18.2 Å². The minimum Gasteiger partial charge on any atom is -0.379 e. The van der Waals surface area contributed by atoms with Crippen molar-refractivity contribution in [3.05, 3.63) is 35.1 Å². The molecule has 1 aliphatic carbocycles. The van der Waals surface area contributed by atoms with Crippen LogP contribution in [0.4, 0.5) is 4.39 Å². The van der Waals surface area contributed by atoms with Crippen molar-refractivity contribution >= 4 is 0 Å². The Balaban J connectivity index is 2.41. The van der Waals surface area contributed by atoms with Gasteiger partial charge in [-0.2, -0.15) is 0 Å². The van der Waals surface area contributed by atoms with Gasteiger partial charge in [0.05, 0.1) is 12.1 Å². The summed E-state index contributed by atoms with van der Waals surface area (Å²) in [6.07, 6.45) is 1.53. The van der Waals surface area contributed by atoms with Gasteiger partial charge in [-0.3, -0.25) is 0 Å². The molecule has 2 unspecified atom stereocenters. The van der Waals surface area contributed by atoms with Crippen LogP contribution in [0.25, 0.3) is 0 Å². The predicted molar refractivity (Wildman–Crippen MR) is 52.4 cm³/mol. The standard InChI is InChI=1S/C11H14FNO/c1-14-10-6-5-7-8(11(10)13)3-2-4-9(7)12/h2-4,10-11H,5-6,13H2,1H3. The van der Waals surface area contributed by atoms with Gasteiger partial charge in [0.25, 0.3) is 0 Å². The molecule has 3 heteroatoms. The highest BCUT2D eigenvalue weighted by Gasteiger charge is 2.27. The lowest BCUT2D eigenvalue weighted by Gasteiger charge is -2.29. The molecule has 14 heavy (non-hydrogen) atoms. The summed E-state index contributed by atoms with van der Waals surface area (Å²) in [5, 5.41) is 0. The summed E-state index contributed by atoms with van der Waals surface area (Å²) in [6, 6.07) is 4.87. The third kappa shape index (κ3) is 1.42. The third-order valence-electron chi connectivity index (χ3n) is 2.90. The van der Waals surface area contributed by atoms with Gasteiger partial charge in [-0.25, -0.2) is 4.39 Å². The maximum Gasteiger partial charge on any atom is 0.126 e. The van der Waals surface area contributed by atoms with Gasteiger partial charge in [0, 0.05) is 7.11 Å². The highest BCUT2D eigenvalue weighted by molar-refractivity contribution is 5.34. The first-order valence-electron chi connectivity index (χ1n) is 4.79. The first-order valence-corrected chi connectivity index (χ1v) is 4.79. The zero-order valence-corrected chi connectivity index (χ0v) is 8.16. The van der Waals surface area contributed by atoms with Crippen LogP contribution in [-0.4, -0.2) is 13.2 Å². The zero-order chi connectivity index (χ0) is 10.1. The number of fused-ring (bicyclic) bond motifs is 1. The molecule has 0 radical (unpaired) electrons. The lowest BCUT2D eigenvalue weighted by Crippen LogP contribution is -2.33. The molecule has 76 valence electrons. The van der Waals surface area contributed by atoms with Crippen LogP contribution in [0.3, 0.4) is 0 Å². The molecule has 1 aromatic rings. The second-order valence-electron chi connectivity index (χ2n) is 3.65. The first-order chi connectivity index (χ1) is 6.74. The van der Waals surface area contributed by atoms with Gasteiger partial charge in [-0.15, -0.1) is 0 Å². The van der Waals surface area contributed by atoms with Gasteiger partial charge in [0.15, 0.2) is 0 Å². The highest BCUT2D eigenvalue weighted by Crippen LogP contribution is 2.31. The molecule has 2 rings (SSSR count). The summed E-state index contributed by atoms with van der Waals surface area (Å²) in [6.45, 7) is 0. The van der Waals surface area contributed by atoms with Gasteiger partial charge < -0.3 is 10.5 Å². The molecule has 0 fully saturated rings. The summed E-state index contributed by atoms with van der Waals surface area (Å²) in [5.74, 6) is -0.146. The number of rotatable bonds is 1. The Labute approximate surface area is 82.9 Å². The Kier molecular flexibility index (Phi) is 2.52. The molecule has 2 nitrogen and oxygen atoms in total. The fraction of sp³-hybridized carbons (Fsp3) is 0.455. The fourth-order valence-corrected chi connectivity index (χ4v) is 2.08. The second kappa shape index (κ2) is 3.67. The SMILES string of the molecule is COC1CCc2c(F)cccc2C1N. The summed E-state index contributed by atoms with van der Waals surface area (Å²) in [4.78, 5) is 0. The second-order valence-corrected chi connectivity index (χ2v) is 3.65. The average molecular weight is 195 g/mol. The van der Waals surface area contributed by atoms with Gasteiger partial charge in [0.2, 0.25) is 0 Å². The topological polar surface area (TPSA) is 35.2 Å². The van der Waals surface area contributed by atoms with Crippen molar-refractivity contribution in [2.24, 2.45) is 5.73 Å². The van der Waals surface area contributed by atoms with Crippen molar-refractivity contribution in [2.75, 3.05) is 7.11 Å². The van der Waals surface area contributed by atoms with E-state index in [0.717, 1.165) is 17.5 Å². The highest BCUT2D eigenvalue weighted by atomic mass is 19.1. The summed E-state index contributed by atoms with van der Waals surface area (Å²) >= 11 is 0. The van der Waals surface area contributed by atoms with E-state index < -0.39 is 0 Å². The van der Waals surface area contributed by atoms with E-state index in [1.54, 1.807) is 13.2 Å². The van der Waals surface area contributed by atoms with E-state index in [1.165, 1.54) is 6.07 Å². The van der Waals surface area contributed by atoms with Crippen LogP contribution < -0.4 is 5.73 Å². The molecule has 2 N–H and O–H groups in total. The Morgan fingerprint density at radius 2 is 2.29 bits per heavy atom. The van der Waals surface area contributed by atoms with E-state index in [-0.39, 0.29) is 18.0 Å². The largest absolute Gasteiger partial charge is 0.379 e. The van der Waals surface area contributed by atoms with Crippen molar-refractivity contribution in [3.8, 4) is 0 Å².